The number of aryl methyl sites for hydroxylation is 2. The van der Waals surface area contributed by atoms with E-state index in [1.165, 1.54) is 16.0 Å². The molecule has 2 N–H and O–H groups in total. The summed E-state index contributed by atoms with van der Waals surface area (Å²) in [5, 5.41) is 6.93. The molecule has 2 heterocycles. The highest BCUT2D eigenvalue weighted by Crippen LogP contribution is 2.24. The van der Waals surface area contributed by atoms with Crippen LogP contribution in [0.25, 0.3) is 0 Å². The minimum atomic E-state index is 0.146. The Hall–Kier alpha value is -1.96. The molecule has 1 aliphatic rings. The molecule has 1 unspecified atom stereocenters. The summed E-state index contributed by atoms with van der Waals surface area (Å²) < 4.78 is 11.5. The van der Waals surface area contributed by atoms with Crippen molar-refractivity contribution in [3.05, 3.63) is 53.0 Å². The van der Waals surface area contributed by atoms with Gasteiger partial charge in [0, 0.05) is 38.1 Å². The topological polar surface area (TPSA) is 62.0 Å². The molecule has 1 aliphatic heterocycles. The lowest BCUT2D eigenvalue weighted by molar-refractivity contribution is 0.0124. The minimum Gasteiger partial charge on any atom is -0.465 e. The molecule has 3 rings (SSSR count). The maximum Gasteiger partial charge on any atom is 0.191 e. The van der Waals surface area contributed by atoms with Crippen LogP contribution in [-0.4, -0.2) is 57.0 Å². The predicted octanol–water partition coefficient (Wildman–Crippen LogP) is 3.36. The number of nitrogens with one attached hydrogen (secondary N) is 2. The van der Waals surface area contributed by atoms with Crippen LogP contribution in [0.4, 0.5) is 0 Å². The van der Waals surface area contributed by atoms with Gasteiger partial charge in [0.25, 0.3) is 0 Å². The van der Waals surface area contributed by atoms with Gasteiger partial charge in [0.2, 0.25) is 0 Å². The van der Waals surface area contributed by atoms with Crippen molar-refractivity contribution in [3.8, 4) is 0 Å². The van der Waals surface area contributed by atoms with Crippen LogP contribution in [-0.2, 0) is 11.3 Å². The van der Waals surface area contributed by atoms with E-state index in [0.717, 1.165) is 56.9 Å². The van der Waals surface area contributed by atoms with E-state index in [1.807, 2.05) is 13.0 Å². The Kier molecular flexibility index (Phi) is 8.03. The Labute approximate surface area is 178 Å². The number of morpholine rings is 1. The fraction of sp³-hybridized carbons (Fsp3) is 0.500. The lowest BCUT2D eigenvalue weighted by Gasteiger charge is -2.33. The van der Waals surface area contributed by atoms with Crippen LogP contribution in [0.15, 0.2) is 44.6 Å². The quantitative estimate of drug-likeness (QED) is 0.410. The van der Waals surface area contributed by atoms with Crippen LogP contribution >= 0.6 is 11.8 Å². The molecule has 0 spiro atoms. The normalized spacial score (nSPS) is 16.6. The summed E-state index contributed by atoms with van der Waals surface area (Å²) in [4.78, 5) is 8.11. The second-order valence-electron chi connectivity index (χ2n) is 7.23. The minimum absolute atomic E-state index is 0.146. The highest BCUT2D eigenvalue weighted by molar-refractivity contribution is 7.98. The lowest BCUT2D eigenvalue weighted by Crippen LogP contribution is -2.46. The van der Waals surface area contributed by atoms with Gasteiger partial charge in [0.1, 0.15) is 11.5 Å². The number of hydrogen-bond donors (Lipinski definition) is 2. The van der Waals surface area contributed by atoms with Crippen LogP contribution in [0, 0.1) is 13.8 Å². The molecule has 1 aromatic heterocycles. The predicted molar refractivity (Wildman–Crippen MR) is 120 cm³/mol. The van der Waals surface area contributed by atoms with E-state index in [1.54, 1.807) is 18.8 Å². The highest BCUT2D eigenvalue weighted by atomic mass is 32.2. The van der Waals surface area contributed by atoms with Crippen LogP contribution < -0.4 is 10.6 Å². The molecule has 29 heavy (non-hydrogen) atoms. The van der Waals surface area contributed by atoms with Gasteiger partial charge in [0.15, 0.2) is 5.96 Å². The van der Waals surface area contributed by atoms with E-state index in [9.17, 15) is 0 Å². The largest absolute Gasteiger partial charge is 0.465 e. The van der Waals surface area contributed by atoms with Gasteiger partial charge in [-0.15, -0.1) is 11.8 Å². The third-order valence-corrected chi connectivity index (χ3v) is 5.97. The number of thioether (sulfide) groups is 1. The Morgan fingerprint density at radius 1 is 1.17 bits per heavy atom. The van der Waals surface area contributed by atoms with Gasteiger partial charge in [-0.25, -0.2) is 0 Å². The number of benzene rings is 1. The Morgan fingerprint density at radius 2 is 1.97 bits per heavy atom. The van der Waals surface area contributed by atoms with Crippen molar-refractivity contribution in [2.24, 2.45) is 4.99 Å². The first-order chi connectivity index (χ1) is 14.1. The van der Waals surface area contributed by atoms with Crippen molar-refractivity contribution >= 4 is 17.7 Å². The van der Waals surface area contributed by atoms with E-state index in [-0.39, 0.29) is 6.04 Å². The number of hydrogen-bond acceptors (Lipinski definition) is 5. The first kappa shape index (κ1) is 21.7. The Bertz CT molecular complexity index is 815. The van der Waals surface area contributed by atoms with Gasteiger partial charge in [-0.2, -0.15) is 0 Å². The summed E-state index contributed by atoms with van der Waals surface area (Å²) in [5.74, 6) is 2.71. The SMILES string of the molecule is CN=C(NCc1ccc(C)cc1SC)NCC(c1ccc(C)o1)N1CCOCC1. The first-order valence-electron chi connectivity index (χ1n) is 10.1. The average Bonchev–Trinajstić information content (AvgIpc) is 3.17. The number of ether oxygens (including phenoxy) is 1. The van der Waals surface area contributed by atoms with Gasteiger partial charge in [0.05, 0.1) is 19.3 Å². The molecule has 0 saturated carbocycles. The number of furan rings is 1. The number of aliphatic imine (C=N–C) groups is 1. The average molecular weight is 417 g/mol. The molecule has 7 heteroatoms. The maximum absolute atomic E-state index is 5.95. The Morgan fingerprint density at radius 3 is 2.62 bits per heavy atom. The second-order valence-corrected chi connectivity index (χ2v) is 8.08. The third kappa shape index (κ3) is 6.01. The van der Waals surface area contributed by atoms with E-state index in [0.29, 0.717) is 0 Å². The monoisotopic (exact) mass is 416 g/mol. The van der Waals surface area contributed by atoms with E-state index in [4.69, 9.17) is 9.15 Å². The zero-order chi connectivity index (χ0) is 20.6. The van der Waals surface area contributed by atoms with Crippen LogP contribution in [0.2, 0.25) is 0 Å². The summed E-state index contributed by atoms with van der Waals surface area (Å²) in [6.45, 7) is 8.88. The van der Waals surface area contributed by atoms with Crippen molar-refractivity contribution in [3.63, 3.8) is 0 Å². The van der Waals surface area contributed by atoms with Crippen LogP contribution in [0.5, 0.6) is 0 Å². The van der Waals surface area contributed by atoms with Crippen molar-refractivity contribution in [1.82, 2.24) is 15.5 Å². The van der Waals surface area contributed by atoms with Crippen LogP contribution in [0.3, 0.4) is 0 Å². The van der Waals surface area contributed by atoms with E-state index < -0.39 is 0 Å². The van der Waals surface area contributed by atoms with Crippen molar-refractivity contribution in [2.45, 2.75) is 31.3 Å². The van der Waals surface area contributed by atoms with Gasteiger partial charge in [-0.1, -0.05) is 12.1 Å². The van der Waals surface area contributed by atoms with Crippen molar-refractivity contribution in [1.29, 1.82) is 0 Å². The fourth-order valence-electron chi connectivity index (χ4n) is 3.52. The van der Waals surface area contributed by atoms with E-state index in [2.05, 4.69) is 58.0 Å². The van der Waals surface area contributed by atoms with Crippen molar-refractivity contribution in [2.75, 3.05) is 46.2 Å². The molecule has 1 atom stereocenters. The summed E-state index contributed by atoms with van der Waals surface area (Å²) >= 11 is 1.77. The summed E-state index contributed by atoms with van der Waals surface area (Å²) in [6.07, 6.45) is 2.11. The number of nitrogens with zero attached hydrogens (tertiary/aromatic N) is 2. The molecular weight excluding hydrogens is 384 g/mol. The third-order valence-electron chi connectivity index (χ3n) is 5.15. The van der Waals surface area contributed by atoms with E-state index >= 15 is 0 Å². The van der Waals surface area contributed by atoms with Crippen molar-refractivity contribution < 1.29 is 9.15 Å². The molecule has 0 aliphatic carbocycles. The zero-order valence-electron chi connectivity index (χ0n) is 17.8. The molecule has 1 fully saturated rings. The van der Waals surface area contributed by atoms with Gasteiger partial charge in [-0.3, -0.25) is 9.89 Å². The molecule has 1 saturated heterocycles. The smallest absolute Gasteiger partial charge is 0.191 e. The molecule has 6 nitrogen and oxygen atoms in total. The molecule has 0 bridgehead atoms. The fourth-order valence-corrected chi connectivity index (χ4v) is 4.23. The molecule has 158 valence electrons. The highest BCUT2D eigenvalue weighted by Gasteiger charge is 2.25. The number of guanidine groups is 1. The summed E-state index contributed by atoms with van der Waals surface area (Å²) in [6, 6.07) is 10.8. The van der Waals surface area contributed by atoms with Gasteiger partial charge >= 0.3 is 0 Å². The van der Waals surface area contributed by atoms with Gasteiger partial charge in [-0.05, 0) is 49.4 Å². The number of rotatable bonds is 7. The summed E-state index contributed by atoms with van der Waals surface area (Å²) in [7, 11) is 1.81. The second kappa shape index (κ2) is 10.7. The molecule has 2 aromatic rings. The standard InChI is InChI=1S/C22H32N4O2S/c1-16-5-7-18(21(13-16)29-4)14-24-22(23-3)25-15-19(20-8-6-17(2)28-20)26-9-11-27-12-10-26/h5-8,13,19H,9-12,14-15H2,1-4H3,(H2,23,24,25). The molecule has 0 amide bonds. The lowest BCUT2D eigenvalue weighted by atomic mass is 10.1. The van der Waals surface area contributed by atoms with Gasteiger partial charge < -0.3 is 19.8 Å². The maximum atomic E-state index is 5.95. The molecule has 1 aromatic carbocycles. The zero-order valence-corrected chi connectivity index (χ0v) is 18.6. The first-order valence-corrected chi connectivity index (χ1v) is 11.3. The molecular formula is C22H32N4O2S. The Balaban J connectivity index is 1.62. The van der Waals surface area contributed by atoms with Crippen LogP contribution in [0.1, 0.15) is 28.7 Å². The molecule has 0 radical (unpaired) electrons. The summed E-state index contributed by atoms with van der Waals surface area (Å²) in [5.41, 5.74) is 2.56.